The molecule has 2 heterocycles. The van der Waals surface area contributed by atoms with E-state index in [0.29, 0.717) is 24.0 Å². The second kappa shape index (κ2) is 5.58. The van der Waals surface area contributed by atoms with Crippen LogP contribution in [0, 0.1) is 0 Å². The SMILES string of the molecule is NCCc1cccc(-c2nc(-c3ccncn3)no2)c1. The molecule has 6 heteroatoms. The first kappa shape index (κ1) is 12.4. The molecule has 3 rings (SSSR count). The monoisotopic (exact) mass is 267 g/mol. The molecule has 0 radical (unpaired) electrons. The fourth-order valence-corrected chi connectivity index (χ4v) is 1.89. The Morgan fingerprint density at radius 1 is 1.20 bits per heavy atom. The van der Waals surface area contributed by atoms with Crippen molar-refractivity contribution in [3.8, 4) is 23.0 Å². The summed E-state index contributed by atoms with van der Waals surface area (Å²) in [7, 11) is 0. The van der Waals surface area contributed by atoms with Crippen LogP contribution in [-0.4, -0.2) is 26.7 Å². The first-order valence-corrected chi connectivity index (χ1v) is 6.26. The van der Waals surface area contributed by atoms with Gasteiger partial charge in [-0.05, 0) is 36.7 Å². The van der Waals surface area contributed by atoms with E-state index in [2.05, 4.69) is 20.1 Å². The Hall–Kier alpha value is -2.60. The molecule has 0 bridgehead atoms. The zero-order chi connectivity index (χ0) is 13.8. The molecule has 1 aromatic carbocycles. The van der Waals surface area contributed by atoms with E-state index >= 15 is 0 Å². The molecule has 0 unspecified atom stereocenters. The molecule has 20 heavy (non-hydrogen) atoms. The molecule has 3 aromatic rings. The Kier molecular flexibility index (Phi) is 3.47. The predicted molar refractivity (Wildman–Crippen MR) is 73.5 cm³/mol. The molecule has 100 valence electrons. The largest absolute Gasteiger partial charge is 0.334 e. The van der Waals surface area contributed by atoms with Gasteiger partial charge in [0.05, 0.1) is 0 Å². The number of rotatable bonds is 4. The van der Waals surface area contributed by atoms with Gasteiger partial charge >= 0.3 is 0 Å². The first-order valence-electron chi connectivity index (χ1n) is 6.26. The number of benzene rings is 1. The van der Waals surface area contributed by atoms with Crippen molar-refractivity contribution in [2.24, 2.45) is 5.73 Å². The molecule has 0 spiro atoms. The van der Waals surface area contributed by atoms with E-state index in [1.807, 2.05) is 24.3 Å². The summed E-state index contributed by atoms with van der Waals surface area (Å²) in [6.07, 6.45) is 3.91. The summed E-state index contributed by atoms with van der Waals surface area (Å²) in [6.45, 7) is 0.611. The minimum absolute atomic E-state index is 0.451. The summed E-state index contributed by atoms with van der Waals surface area (Å²) in [5.41, 5.74) is 8.22. The van der Waals surface area contributed by atoms with Gasteiger partial charge in [-0.25, -0.2) is 9.97 Å². The second-order valence-corrected chi connectivity index (χ2v) is 4.26. The third kappa shape index (κ3) is 2.55. The summed E-state index contributed by atoms with van der Waals surface area (Å²) >= 11 is 0. The van der Waals surface area contributed by atoms with Crippen LogP contribution in [0.15, 0.2) is 47.4 Å². The minimum Gasteiger partial charge on any atom is -0.334 e. The molecule has 0 aliphatic rings. The van der Waals surface area contributed by atoms with Crippen LogP contribution in [0.2, 0.25) is 0 Å². The Balaban J connectivity index is 1.92. The number of aromatic nitrogens is 4. The van der Waals surface area contributed by atoms with Crippen LogP contribution >= 0.6 is 0 Å². The van der Waals surface area contributed by atoms with Gasteiger partial charge in [0.2, 0.25) is 5.82 Å². The van der Waals surface area contributed by atoms with Crippen LogP contribution < -0.4 is 5.73 Å². The van der Waals surface area contributed by atoms with E-state index in [-0.39, 0.29) is 0 Å². The van der Waals surface area contributed by atoms with E-state index < -0.39 is 0 Å². The first-order chi connectivity index (χ1) is 9.86. The van der Waals surface area contributed by atoms with Gasteiger partial charge in [-0.1, -0.05) is 17.3 Å². The van der Waals surface area contributed by atoms with E-state index in [4.69, 9.17) is 10.3 Å². The van der Waals surface area contributed by atoms with Crippen molar-refractivity contribution in [3.63, 3.8) is 0 Å². The number of nitrogens with zero attached hydrogens (tertiary/aromatic N) is 4. The molecular weight excluding hydrogens is 254 g/mol. The van der Waals surface area contributed by atoms with Crippen molar-refractivity contribution in [1.29, 1.82) is 0 Å². The van der Waals surface area contributed by atoms with E-state index in [1.165, 1.54) is 6.33 Å². The Bertz CT molecular complexity index is 696. The van der Waals surface area contributed by atoms with Gasteiger partial charge in [0.1, 0.15) is 12.0 Å². The van der Waals surface area contributed by atoms with Crippen molar-refractivity contribution in [1.82, 2.24) is 20.1 Å². The molecule has 0 atom stereocenters. The lowest BCUT2D eigenvalue weighted by molar-refractivity contribution is 0.432. The highest BCUT2D eigenvalue weighted by Gasteiger charge is 2.11. The van der Waals surface area contributed by atoms with Gasteiger partial charge < -0.3 is 10.3 Å². The van der Waals surface area contributed by atoms with Crippen molar-refractivity contribution in [2.75, 3.05) is 6.54 Å². The van der Waals surface area contributed by atoms with E-state index in [0.717, 1.165) is 17.5 Å². The van der Waals surface area contributed by atoms with Crippen molar-refractivity contribution >= 4 is 0 Å². The number of nitrogens with two attached hydrogens (primary N) is 1. The standard InChI is InChI=1S/C14H13N5O/c15-6-4-10-2-1-3-11(8-10)14-18-13(19-20-14)12-5-7-16-9-17-12/h1-3,5,7-9H,4,6,15H2. The lowest BCUT2D eigenvalue weighted by Crippen LogP contribution is -2.02. The molecular formula is C14H13N5O. The molecule has 0 aliphatic carbocycles. The van der Waals surface area contributed by atoms with E-state index in [9.17, 15) is 0 Å². The molecule has 2 aromatic heterocycles. The average Bonchev–Trinajstić information content (AvgIpc) is 2.99. The third-order valence-corrected chi connectivity index (χ3v) is 2.84. The quantitative estimate of drug-likeness (QED) is 0.773. The second-order valence-electron chi connectivity index (χ2n) is 4.26. The number of hydrogen-bond donors (Lipinski definition) is 1. The lowest BCUT2D eigenvalue weighted by atomic mass is 10.1. The summed E-state index contributed by atoms with van der Waals surface area (Å²) < 4.78 is 5.29. The normalized spacial score (nSPS) is 10.7. The third-order valence-electron chi connectivity index (χ3n) is 2.84. The van der Waals surface area contributed by atoms with Crippen molar-refractivity contribution < 1.29 is 4.52 Å². The zero-order valence-electron chi connectivity index (χ0n) is 10.7. The summed E-state index contributed by atoms with van der Waals surface area (Å²) in [6, 6.07) is 9.65. The van der Waals surface area contributed by atoms with Gasteiger partial charge in [0, 0.05) is 11.8 Å². The summed E-state index contributed by atoms with van der Waals surface area (Å²) in [4.78, 5) is 12.3. The maximum absolute atomic E-state index is 5.56. The Morgan fingerprint density at radius 3 is 2.95 bits per heavy atom. The molecule has 0 amide bonds. The van der Waals surface area contributed by atoms with Crippen LogP contribution in [0.5, 0.6) is 0 Å². The highest BCUT2D eigenvalue weighted by atomic mass is 16.5. The highest BCUT2D eigenvalue weighted by Crippen LogP contribution is 2.21. The minimum atomic E-state index is 0.451. The topological polar surface area (TPSA) is 90.7 Å². The van der Waals surface area contributed by atoms with Gasteiger partial charge in [0.25, 0.3) is 5.89 Å². The van der Waals surface area contributed by atoms with E-state index in [1.54, 1.807) is 12.3 Å². The van der Waals surface area contributed by atoms with Crippen LogP contribution in [0.25, 0.3) is 23.0 Å². The van der Waals surface area contributed by atoms with Gasteiger partial charge in [-0.3, -0.25) is 0 Å². The molecule has 0 saturated heterocycles. The van der Waals surface area contributed by atoms with Crippen molar-refractivity contribution in [3.05, 3.63) is 48.4 Å². The maximum Gasteiger partial charge on any atom is 0.258 e. The smallest absolute Gasteiger partial charge is 0.258 e. The van der Waals surface area contributed by atoms with Crippen LogP contribution in [0.3, 0.4) is 0 Å². The fraction of sp³-hybridized carbons (Fsp3) is 0.143. The predicted octanol–water partition coefficient (Wildman–Crippen LogP) is 1.69. The van der Waals surface area contributed by atoms with Crippen molar-refractivity contribution in [2.45, 2.75) is 6.42 Å². The molecule has 2 N–H and O–H groups in total. The zero-order valence-corrected chi connectivity index (χ0v) is 10.7. The van der Waals surface area contributed by atoms with Crippen LogP contribution in [0.1, 0.15) is 5.56 Å². The average molecular weight is 267 g/mol. The van der Waals surface area contributed by atoms with Gasteiger partial charge in [0.15, 0.2) is 0 Å². The molecule has 0 fully saturated rings. The summed E-state index contributed by atoms with van der Waals surface area (Å²) in [5, 5.41) is 3.94. The van der Waals surface area contributed by atoms with Gasteiger partial charge in [-0.15, -0.1) is 0 Å². The fourth-order valence-electron chi connectivity index (χ4n) is 1.89. The summed E-state index contributed by atoms with van der Waals surface area (Å²) in [5.74, 6) is 0.920. The van der Waals surface area contributed by atoms with Gasteiger partial charge in [-0.2, -0.15) is 4.98 Å². The Labute approximate surface area is 115 Å². The maximum atomic E-state index is 5.56. The highest BCUT2D eigenvalue weighted by molar-refractivity contribution is 5.57. The Morgan fingerprint density at radius 2 is 2.15 bits per heavy atom. The molecule has 0 aliphatic heterocycles. The number of hydrogen-bond acceptors (Lipinski definition) is 6. The van der Waals surface area contributed by atoms with Crippen LogP contribution in [-0.2, 0) is 6.42 Å². The molecule has 6 nitrogen and oxygen atoms in total. The molecule has 0 saturated carbocycles. The lowest BCUT2D eigenvalue weighted by Gasteiger charge is -1.99. The van der Waals surface area contributed by atoms with Crippen LogP contribution in [0.4, 0.5) is 0 Å².